The Morgan fingerprint density at radius 2 is 2.08 bits per heavy atom. The molecule has 2 heterocycles. The van der Waals surface area contributed by atoms with Crippen molar-refractivity contribution < 1.29 is 4.79 Å². The summed E-state index contributed by atoms with van der Waals surface area (Å²) in [6, 6.07) is 6.39. The van der Waals surface area contributed by atoms with Gasteiger partial charge in [0.15, 0.2) is 5.84 Å². The van der Waals surface area contributed by atoms with Gasteiger partial charge in [0.25, 0.3) is 5.91 Å². The molecule has 1 aromatic rings. The van der Waals surface area contributed by atoms with Crippen molar-refractivity contribution in [1.82, 2.24) is 10.2 Å². The standard InChI is InChI=1S/C19H23N5O/c1-12-10-14(13-4-5-13)6-7-16(12)21-11-15-17(20)22-19(23-18(15)25)24-8-2-3-9-24/h6-7,10-11,13,21H,2-5,8-9H2,1H3,(H2,20,22,23,25)/b15-11+. The minimum Gasteiger partial charge on any atom is -0.361 e. The van der Waals surface area contributed by atoms with Crippen LogP contribution in [0.1, 0.15) is 42.7 Å². The number of likely N-dealkylation sites (tertiary alicyclic amines) is 1. The normalized spacial score (nSPS) is 22.2. The second-order valence-electron chi connectivity index (χ2n) is 6.98. The van der Waals surface area contributed by atoms with Crippen LogP contribution in [-0.4, -0.2) is 35.7 Å². The van der Waals surface area contributed by atoms with Crippen molar-refractivity contribution in [3.63, 3.8) is 0 Å². The average Bonchev–Trinajstić information content (AvgIpc) is 3.29. The number of hydrogen-bond donors (Lipinski definition) is 3. The number of guanidine groups is 1. The van der Waals surface area contributed by atoms with E-state index in [-0.39, 0.29) is 17.3 Å². The molecule has 3 aliphatic rings. The highest BCUT2D eigenvalue weighted by atomic mass is 16.2. The largest absolute Gasteiger partial charge is 0.361 e. The van der Waals surface area contributed by atoms with Crippen molar-refractivity contribution in [1.29, 1.82) is 5.41 Å². The molecule has 0 aromatic heterocycles. The van der Waals surface area contributed by atoms with Crippen molar-refractivity contribution in [2.24, 2.45) is 4.99 Å². The van der Waals surface area contributed by atoms with E-state index in [0.29, 0.717) is 5.96 Å². The van der Waals surface area contributed by atoms with Crippen LogP contribution in [0.2, 0.25) is 0 Å². The molecule has 0 radical (unpaired) electrons. The van der Waals surface area contributed by atoms with Gasteiger partial charge in [-0.2, -0.15) is 4.99 Å². The number of hydrogen-bond acceptors (Lipinski definition) is 4. The molecular formula is C19H23N5O. The van der Waals surface area contributed by atoms with E-state index >= 15 is 0 Å². The molecule has 0 bridgehead atoms. The number of rotatable bonds is 3. The maximum absolute atomic E-state index is 12.4. The van der Waals surface area contributed by atoms with Gasteiger partial charge in [0, 0.05) is 25.0 Å². The van der Waals surface area contributed by atoms with Crippen LogP contribution in [-0.2, 0) is 4.79 Å². The van der Waals surface area contributed by atoms with E-state index in [9.17, 15) is 4.79 Å². The zero-order valence-electron chi connectivity index (χ0n) is 14.4. The molecule has 2 aliphatic heterocycles. The van der Waals surface area contributed by atoms with Crippen LogP contribution in [0.4, 0.5) is 5.69 Å². The zero-order chi connectivity index (χ0) is 17.4. The zero-order valence-corrected chi connectivity index (χ0v) is 14.4. The highest BCUT2D eigenvalue weighted by Gasteiger charge is 2.27. The molecular weight excluding hydrogens is 314 g/mol. The number of aliphatic imine (C=N–C) groups is 1. The first-order valence-electron chi connectivity index (χ1n) is 8.93. The molecule has 1 amide bonds. The number of carbonyl (C=O) groups is 1. The van der Waals surface area contributed by atoms with E-state index in [4.69, 9.17) is 5.41 Å². The summed E-state index contributed by atoms with van der Waals surface area (Å²) in [5.74, 6) is 0.962. The van der Waals surface area contributed by atoms with Gasteiger partial charge in [-0.25, -0.2) is 0 Å². The van der Waals surface area contributed by atoms with Gasteiger partial charge in [-0.1, -0.05) is 12.1 Å². The summed E-state index contributed by atoms with van der Waals surface area (Å²) < 4.78 is 0. The lowest BCUT2D eigenvalue weighted by atomic mass is 10.1. The van der Waals surface area contributed by atoms with Crippen LogP contribution in [0, 0.1) is 12.3 Å². The molecule has 4 rings (SSSR count). The smallest absolute Gasteiger partial charge is 0.263 e. The topological polar surface area (TPSA) is 80.6 Å². The fourth-order valence-corrected chi connectivity index (χ4v) is 3.35. The van der Waals surface area contributed by atoms with E-state index in [2.05, 4.69) is 34.7 Å². The summed E-state index contributed by atoms with van der Waals surface area (Å²) >= 11 is 0. The molecule has 0 atom stereocenters. The Morgan fingerprint density at radius 1 is 1.32 bits per heavy atom. The molecule has 6 nitrogen and oxygen atoms in total. The summed E-state index contributed by atoms with van der Waals surface area (Å²) in [6.07, 6.45) is 6.35. The molecule has 1 aromatic carbocycles. The quantitative estimate of drug-likeness (QED) is 0.742. The summed E-state index contributed by atoms with van der Waals surface area (Å²) in [4.78, 5) is 18.6. The molecule has 0 unspecified atom stereocenters. The number of carbonyl (C=O) groups excluding carboxylic acids is 1. The third-order valence-corrected chi connectivity index (χ3v) is 5.02. The number of amidine groups is 1. The first-order chi connectivity index (χ1) is 12.1. The SMILES string of the molecule is Cc1cc(C2CC2)ccc1N/C=C1\C(=N)N=C(N2CCCC2)NC1=O. The average molecular weight is 337 g/mol. The number of nitrogens with zero attached hydrogens (tertiary/aromatic N) is 2. The molecule has 6 heteroatoms. The lowest BCUT2D eigenvalue weighted by Gasteiger charge is -2.24. The first-order valence-corrected chi connectivity index (χ1v) is 8.93. The van der Waals surface area contributed by atoms with Gasteiger partial charge in [0.2, 0.25) is 5.96 Å². The number of aryl methyl sites for hydroxylation is 1. The minimum atomic E-state index is -0.276. The van der Waals surface area contributed by atoms with Crippen LogP contribution in [0.15, 0.2) is 35.0 Å². The van der Waals surface area contributed by atoms with Crippen LogP contribution in [0.5, 0.6) is 0 Å². The van der Waals surface area contributed by atoms with Crippen LogP contribution >= 0.6 is 0 Å². The van der Waals surface area contributed by atoms with E-state index in [1.807, 2.05) is 11.0 Å². The Bertz CT molecular complexity index is 785. The number of benzene rings is 1. The number of nitrogens with one attached hydrogen (secondary N) is 3. The van der Waals surface area contributed by atoms with Gasteiger partial charge >= 0.3 is 0 Å². The molecule has 1 aliphatic carbocycles. The maximum Gasteiger partial charge on any atom is 0.263 e. The van der Waals surface area contributed by atoms with Gasteiger partial charge in [0.05, 0.1) is 5.57 Å². The first kappa shape index (κ1) is 15.9. The van der Waals surface area contributed by atoms with Crippen LogP contribution in [0.3, 0.4) is 0 Å². The molecule has 3 N–H and O–H groups in total. The lowest BCUT2D eigenvalue weighted by Crippen LogP contribution is -2.47. The molecule has 130 valence electrons. The third kappa shape index (κ3) is 3.29. The van der Waals surface area contributed by atoms with Gasteiger partial charge < -0.3 is 10.2 Å². The van der Waals surface area contributed by atoms with Gasteiger partial charge in [-0.15, -0.1) is 0 Å². The summed E-state index contributed by atoms with van der Waals surface area (Å²) in [7, 11) is 0. The maximum atomic E-state index is 12.4. The Balaban J connectivity index is 1.49. The Hall–Kier alpha value is -2.63. The minimum absolute atomic E-state index is 0.00500. The van der Waals surface area contributed by atoms with E-state index in [1.165, 1.54) is 18.4 Å². The monoisotopic (exact) mass is 337 g/mol. The molecule has 0 spiro atoms. The number of anilines is 1. The lowest BCUT2D eigenvalue weighted by molar-refractivity contribution is -0.115. The Labute approximate surface area is 147 Å². The Morgan fingerprint density at radius 3 is 2.72 bits per heavy atom. The van der Waals surface area contributed by atoms with E-state index < -0.39 is 0 Å². The van der Waals surface area contributed by atoms with Gasteiger partial charge in [-0.3, -0.25) is 15.5 Å². The molecule has 25 heavy (non-hydrogen) atoms. The van der Waals surface area contributed by atoms with E-state index in [0.717, 1.165) is 43.1 Å². The second kappa shape index (κ2) is 6.35. The summed E-state index contributed by atoms with van der Waals surface area (Å²) in [6.45, 7) is 3.83. The van der Waals surface area contributed by atoms with Crippen molar-refractivity contribution in [2.45, 2.75) is 38.5 Å². The summed E-state index contributed by atoms with van der Waals surface area (Å²) in [5.41, 5.74) is 3.74. The van der Waals surface area contributed by atoms with Crippen molar-refractivity contribution in [2.75, 3.05) is 18.4 Å². The number of amides is 1. The molecule has 1 saturated carbocycles. The van der Waals surface area contributed by atoms with Crippen molar-refractivity contribution >= 4 is 23.4 Å². The predicted octanol–water partition coefficient (Wildman–Crippen LogP) is 2.73. The fraction of sp³-hybridized carbons (Fsp3) is 0.421. The van der Waals surface area contributed by atoms with Crippen molar-refractivity contribution in [3.8, 4) is 0 Å². The third-order valence-electron chi connectivity index (χ3n) is 5.02. The van der Waals surface area contributed by atoms with Crippen molar-refractivity contribution in [3.05, 3.63) is 41.1 Å². The fourth-order valence-electron chi connectivity index (χ4n) is 3.35. The Kier molecular flexibility index (Phi) is 4.03. The highest BCUT2D eigenvalue weighted by Crippen LogP contribution is 2.40. The van der Waals surface area contributed by atoms with Crippen LogP contribution < -0.4 is 10.6 Å². The second-order valence-corrected chi connectivity index (χ2v) is 6.98. The highest BCUT2D eigenvalue weighted by molar-refractivity contribution is 6.28. The van der Waals surface area contributed by atoms with Gasteiger partial charge in [0.1, 0.15) is 0 Å². The molecule has 1 saturated heterocycles. The molecule has 2 fully saturated rings. The predicted molar refractivity (Wildman–Crippen MR) is 99.0 cm³/mol. The van der Waals surface area contributed by atoms with Gasteiger partial charge in [-0.05, 0) is 55.7 Å². The van der Waals surface area contributed by atoms with E-state index in [1.54, 1.807) is 6.20 Å². The van der Waals surface area contributed by atoms with Crippen LogP contribution in [0.25, 0.3) is 0 Å². The summed E-state index contributed by atoms with van der Waals surface area (Å²) in [5, 5.41) is 14.1.